The summed E-state index contributed by atoms with van der Waals surface area (Å²) in [6, 6.07) is 12.4. The molecule has 104 valence electrons. The van der Waals surface area contributed by atoms with Crippen molar-refractivity contribution < 1.29 is 13.9 Å². The van der Waals surface area contributed by atoms with Crippen LogP contribution in [0.3, 0.4) is 0 Å². The highest BCUT2D eigenvalue weighted by Gasteiger charge is 2.21. The molecular weight excluding hydrogens is 323 g/mol. The van der Waals surface area contributed by atoms with Crippen molar-refractivity contribution in [2.45, 2.75) is 12.3 Å². The van der Waals surface area contributed by atoms with Gasteiger partial charge < -0.3 is 9.47 Å². The zero-order valence-corrected chi connectivity index (χ0v) is 12.4. The van der Waals surface area contributed by atoms with Crippen molar-refractivity contribution in [3.8, 4) is 11.5 Å². The third-order valence-electron chi connectivity index (χ3n) is 3.42. The summed E-state index contributed by atoms with van der Waals surface area (Å²) in [7, 11) is 0. The van der Waals surface area contributed by atoms with Gasteiger partial charge in [-0.15, -0.1) is 0 Å². The van der Waals surface area contributed by atoms with E-state index in [1.54, 1.807) is 6.07 Å². The van der Waals surface area contributed by atoms with Crippen LogP contribution in [-0.2, 0) is 0 Å². The Hall–Kier alpha value is -1.55. The number of halogens is 2. The summed E-state index contributed by atoms with van der Waals surface area (Å²) in [6.07, 6.45) is 0.907. The minimum Gasteiger partial charge on any atom is -0.493 e. The first-order valence-electron chi connectivity index (χ1n) is 6.53. The maximum absolute atomic E-state index is 13.2. The molecule has 20 heavy (non-hydrogen) atoms. The van der Waals surface area contributed by atoms with Gasteiger partial charge in [-0.3, -0.25) is 0 Å². The molecule has 0 aliphatic carbocycles. The van der Waals surface area contributed by atoms with E-state index < -0.39 is 0 Å². The van der Waals surface area contributed by atoms with Crippen molar-refractivity contribution in [1.82, 2.24) is 0 Å². The van der Waals surface area contributed by atoms with Crippen LogP contribution in [0.1, 0.15) is 17.9 Å². The van der Waals surface area contributed by atoms with E-state index in [1.807, 2.05) is 18.2 Å². The number of rotatable bonds is 3. The molecule has 2 nitrogen and oxygen atoms in total. The Morgan fingerprint density at radius 3 is 3.00 bits per heavy atom. The molecule has 0 spiro atoms. The van der Waals surface area contributed by atoms with E-state index in [-0.39, 0.29) is 11.7 Å². The normalized spacial score (nSPS) is 17.2. The minimum atomic E-state index is -0.296. The molecule has 2 aromatic rings. The van der Waals surface area contributed by atoms with Gasteiger partial charge in [0.1, 0.15) is 17.3 Å². The van der Waals surface area contributed by atoms with Crippen molar-refractivity contribution in [3.05, 3.63) is 58.3 Å². The molecule has 1 atom stereocenters. The van der Waals surface area contributed by atoms with Gasteiger partial charge in [-0.05, 0) is 40.5 Å². The average molecular weight is 337 g/mol. The van der Waals surface area contributed by atoms with Crippen LogP contribution in [0.25, 0.3) is 0 Å². The molecule has 0 amide bonds. The van der Waals surface area contributed by atoms with E-state index >= 15 is 0 Å². The summed E-state index contributed by atoms with van der Waals surface area (Å²) in [5, 5.41) is 0. The van der Waals surface area contributed by atoms with Crippen molar-refractivity contribution in [1.29, 1.82) is 0 Å². The van der Waals surface area contributed by atoms with Crippen LogP contribution in [-0.4, -0.2) is 13.2 Å². The number of fused-ring (bicyclic) bond motifs is 1. The number of ether oxygens (including phenoxy) is 2. The fourth-order valence-electron chi connectivity index (χ4n) is 2.37. The van der Waals surface area contributed by atoms with E-state index in [0.29, 0.717) is 19.0 Å². The van der Waals surface area contributed by atoms with Crippen molar-refractivity contribution in [3.63, 3.8) is 0 Å². The summed E-state index contributed by atoms with van der Waals surface area (Å²) in [4.78, 5) is 0. The van der Waals surface area contributed by atoms with Crippen LogP contribution in [0.15, 0.2) is 46.9 Å². The molecule has 3 rings (SSSR count). The first kappa shape index (κ1) is 13.4. The predicted molar refractivity (Wildman–Crippen MR) is 78.9 cm³/mol. The fraction of sp³-hybridized carbons (Fsp3) is 0.250. The van der Waals surface area contributed by atoms with Gasteiger partial charge in [0.2, 0.25) is 0 Å². The van der Waals surface area contributed by atoms with Crippen molar-refractivity contribution >= 4 is 15.9 Å². The third kappa shape index (κ3) is 2.80. The second-order valence-corrected chi connectivity index (χ2v) is 5.61. The summed E-state index contributed by atoms with van der Waals surface area (Å²) < 4.78 is 25.4. The molecule has 0 N–H and O–H groups in total. The van der Waals surface area contributed by atoms with Gasteiger partial charge in [0.05, 0.1) is 17.7 Å². The standard InChI is InChI=1S/C16H14BrFO2/c17-14-6-5-12(18)9-16(14)20-10-11-7-8-19-15-4-2-1-3-13(11)15/h1-6,9,11H,7-8,10H2. The molecular formula is C16H14BrFO2. The van der Waals surface area contributed by atoms with Crippen LogP contribution in [0.4, 0.5) is 4.39 Å². The highest BCUT2D eigenvalue weighted by Crippen LogP contribution is 2.34. The Labute approximate surface area is 125 Å². The lowest BCUT2D eigenvalue weighted by atomic mass is 9.94. The van der Waals surface area contributed by atoms with E-state index in [1.165, 1.54) is 12.1 Å². The first-order valence-corrected chi connectivity index (χ1v) is 7.33. The Morgan fingerprint density at radius 2 is 2.10 bits per heavy atom. The van der Waals surface area contributed by atoms with Crippen LogP contribution < -0.4 is 9.47 Å². The largest absolute Gasteiger partial charge is 0.493 e. The first-order chi connectivity index (χ1) is 9.74. The van der Waals surface area contributed by atoms with Gasteiger partial charge in [0.15, 0.2) is 0 Å². The van der Waals surface area contributed by atoms with Gasteiger partial charge in [-0.25, -0.2) is 4.39 Å². The number of hydrogen-bond acceptors (Lipinski definition) is 2. The zero-order valence-electron chi connectivity index (χ0n) is 10.8. The second kappa shape index (κ2) is 5.83. The second-order valence-electron chi connectivity index (χ2n) is 4.76. The highest BCUT2D eigenvalue weighted by molar-refractivity contribution is 9.10. The molecule has 1 aliphatic heterocycles. The summed E-state index contributed by atoms with van der Waals surface area (Å²) in [6.45, 7) is 1.21. The van der Waals surface area contributed by atoms with Gasteiger partial charge >= 0.3 is 0 Å². The van der Waals surface area contributed by atoms with E-state index in [2.05, 4.69) is 22.0 Å². The highest BCUT2D eigenvalue weighted by atomic mass is 79.9. The number of benzene rings is 2. The van der Waals surface area contributed by atoms with Crippen LogP contribution in [0.5, 0.6) is 11.5 Å². The van der Waals surface area contributed by atoms with E-state index in [9.17, 15) is 4.39 Å². The van der Waals surface area contributed by atoms with Gasteiger partial charge in [0.25, 0.3) is 0 Å². The minimum absolute atomic E-state index is 0.273. The summed E-state index contributed by atoms with van der Waals surface area (Å²) in [5.41, 5.74) is 1.16. The Balaban J connectivity index is 1.75. The molecule has 1 aliphatic rings. The van der Waals surface area contributed by atoms with E-state index in [0.717, 1.165) is 22.2 Å². The molecule has 2 aromatic carbocycles. The molecule has 1 unspecified atom stereocenters. The molecule has 0 fully saturated rings. The number of para-hydroxylation sites is 1. The van der Waals surface area contributed by atoms with Gasteiger partial charge in [-0.1, -0.05) is 18.2 Å². The SMILES string of the molecule is Fc1ccc(Br)c(OCC2CCOc3ccccc32)c1. The molecule has 0 radical (unpaired) electrons. The Bertz CT molecular complexity index is 615. The molecule has 0 saturated heterocycles. The maximum Gasteiger partial charge on any atom is 0.136 e. The maximum atomic E-state index is 13.2. The average Bonchev–Trinajstić information content (AvgIpc) is 2.48. The molecule has 1 heterocycles. The van der Waals surface area contributed by atoms with Gasteiger partial charge in [-0.2, -0.15) is 0 Å². The van der Waals surface area contributed by atoms with Crippen LogP contribution in [0, 0.1) is 5.82 Å². The topological polar surface area (TPSA) is 18.5 Å². The Morgan fingerprint density at radius 1 is 1.25 bits per heavy atom. The van der Waals surface area contributed by atoms with Crippen molar-refractivity contribution in [2.24, 2.45) is 0 Å². The van der Waals surface area contributed by atoms with Crippen LogP contribution >= 0.6 is 15.9 Å². The van der Waals surface area contributed by atoms with Gasteiger partial charge in [0, 0.05) is 17.5 Å². The molecule has 0 aromatic heterocycles. The number of hydrogen-bond donors (Lipinski definition) is 0. The smallest absolute Gasteiger partial charge is 0.136 e. The third-order valence-corrected chi connectivity index (χ3v) is 4.07. The monoisotopic (exact) mass is 336 g/mol. The zero-order chi connectivity index (χ0) is 13.9. The van der Waals surface area contributed by atoms with Crippen molar-refractivity contribution in [2.75, 3.05) is 13.2 Å². The Kier molecular flexibility index (Phi) is 3.92. The lowest BCUT2D eigenvalue weighted by molar-refractivity contribution is 0.216. The molecule has 0 bridgehead atoms. The molecule has 0 saturated carbocycles. The summed E-state index contributed by atoms with van der Waals surface area (Å²) >= 11 is 3.37. The lowest BCUT2D eigenvalue weighted by Crippen LogP contribution is -2.19. The predicted octanol–water partition coefficient (Wildman–Crippen LogP) is 4.53. The van der Waals surface area contributed by atoms with Crippen LogP contribution in [0.2, 0.25) is 0 Å². The quantitative estimate of drug-likeness (QED) is 0.819. The fourth-order valence-corrected chi connectivity index (χ4v) is 2.73. The summed E-state index contributed by atoms with van der Waals surface area (Å²) in [5.74, 6) is 1.44. The molecule has 4 heteroatoms. The lowest BCUT2D eigenvalue weighted by Gasteiger charge is -2.26. The van der Waals surface area contributed by atoms with E-state index in [4.69, 9.17) is 9.47 Å².